The van der Waals surface area contributed by atoms with Crippen LogP contribution >= 0.6 is 0 Å². The predicted molar refractivity (Wildman–Crippen MR) is 43.5 cm³/mol. The molecule has 2 rings (SSSR count). The van der Waals surface area contributed by atoms with Crippen molar-refractivity contribution >= 4 is 0 Å². The number of nitrogens with zero attached hydrogens (tertiary/aromatic N) is 2. The van der Waals surface area contributed by atoms with Gasteiger partial charge in [-0.2, -0.15) is 9.26 Å². The van der Waals surface area contributed by atoms with Gasteiger partial charge in [-0.05, 0) is 12.1 Å². The third-order valence-electron chi connectivity index (χ3n) is 1.42. The Morgan fingerprint density at radius 3 is 1.67 bits per heavy atom. The highest BCUT2D eigenvalue weighted by Gasteiger charge is 1.75. The number of fused-ring (bicyclic) bond motifs is 1. The van der Waals surface area contributed by atoms with E-state index in [2.05, 4.69) is 20.9 Å². The molecule has 0 saturated carbocycles. The minimum atomic E-state index is 1.73. The summed E-state index contributed by atoms with van der Waals surface area (Å²) in [6.07, 6.45) is 3.72. The monoisotopic (exact) mass is 166 g/mol. The van der Waals surface area contributed by atoms with Crippen LogP contribution in [0, 0.1) is 0 Å². The lowest BCUT2D eigenvalue weighted by atomic mass is 10.5. The van der Waals surface area contributed by atoms with Crippen molar-refractivity contribution in [1.29, 1.82) is 0 Å². The second kappa shape index (κ2) is 2.95. The Bertz CT molecular complexity index is 374. The fraction of sp³-hybridized carbons (Fsp3) is 0. The van der Waals surface area contributed by atoms with E-state index in [1.54, 1.807) is 9.26 Å². The Kier molecular flexibility index (Phi) is 1.65. The van der Waals surface area contributed by atoms with Gasteiger partial charge in [0.1, 0.15) is 0 Å². The first-order valence-corrected chi connectivity index (χ1v) is 3.58. The van der Waals surface area contributed by atoms with Gasteiger partial charge in [0.15, 0.2) is 0 Å². The quantitative estimate of drug-likeness (QED) is 0.442. The first-order chi connectivity index (χ1) is 5.97. The summed E-state index contributed by atoms with van der Waals surface area (Å²) in [5.74, 6) is 0. The van der Waals surface area contributed by atoms with Gasteiger partial charge in [0.25, 0.3) is 0 Å². The molecule has 2 aromatic heterocycles. The second-order valence-corrected chi connectivity index (χ2v) is 2.23. The summed E-state index contributed by atoms with van der Waals surface area (Å²) in [6, 6.07) is 7.71. The van der Waals surface area contributed by atoms with Gasteiger partial charge in [-0.1, -0.05) is 12.1 Å². The van der Waals surface area contributed by atoms with E-state index in [4.69, 9.17) is 0 Å². The van der Waals surface area contributed by atoms with Crippen LogP contribution in [0.4, 0.5) is 0 Å². The lowest BCUT2D eigenvalue weighted by Gasteiger charge is -2.00. The molecule has 64 valence electrons. The molecule has 0 atom stereocenters. The largest absolute Gasteiger partial charge is 0.212 e. The van der Waals surface area contributed by atoms with E-state index in [1.165, 1.54) is 0 Å². The number of hydrogen-bond donors (Lipinski definition) is 4. The third-order valence-corrected chi connectivity index (χ3v) is 1.42. The Labute approximate surface area is 67.7 Å². The smallest absolute Gasteiger partial charge is 0.0488 e. The van der Waals surface area contributed by atoms with E-state index in [0.29, 0.717) is 0 Å². The number of rotatable bonds is 0. The molecule has 0 amide bonds. The standard InChI is InChI=1S/C6H10N6/c1-2-4-6-12-10-8-7-9-11(12)5-3-1/h1-10H. The van der Waals surface area contributed by atoms with Gasteiger partial charge < -0.3 is 0 Å². The number of hydrogen-bond acceptors (Lipinski definition) is 0. The molecule has 0 bridgehead atoms. The molecule has 0 aromatic carbocycles. The molecule has 6 nitrogen and oxygen atoms in total. The van der Waals surface area contributed by atoms with Gasteiger partial charge in [-0.25, -0.2) is 20.9 Å². The Balaban J connectivity index is 2.83. The highest BCUT2D eigenvalue weighted by atomic mass is 15.7. The zero-order valence-electron chi connectivity index (χ0n) is 6.36. The average Bonchev–Trinajstić information content (AvgIpc) is 2.06. The van der Waals surface area contributed by atoms with Gasteiger partial charge in [-0.15, -0.1) is 0 Å². The summed E-state index contributed by atoms with van der Waals surface area (Å²) in [5.41, 5.74) is 0. The maximum absolute atomic E-state index is 2.85. The lowest BCUT2D eigenvalue weighted by Crippen LogP contribution is -2.10. The van der Waals surface area contributed by atoms with Crippen LogP contribution in [0.1, 0.15) is 0 Å². The van der Waals surface area contributed by atoms with Crippen molar-refractivity contribution in [3.63, 3.8) is 0 Å². The van der Waals surface area contributed by atoms with Gasteiger partial charge in [0.05, 0.1) is 0 Å². The Hall–Kier alpha value is -1.98. The Morgan fingerprint density at radius 1 is 0.667 bits per heavy atom. The van der Waals surface area contributed by atoms with E-state index in [0.717, 1.165) is 0 Å². The van der Waals surface area contributed by atoms with Crippen LogP contribution in [0.25, 0.3) is 0 Å². The molecule has 0 aliphatic carbocycles. The molecule has 0 aliphatic heterocycles. The van der Waals surface area contributed by atoms with Crippen LogP contribution in [0.2, 0.25) is 0 Å². The molecule has 0 fully saturated rings. The number of H-pyrrole nitrogens is 4. The summed E-state index contributed by atoms with van der Waals surface area (Å²) in [6.45, 7) is 0. The van der Waals surface area contributed by atoms with E-state index >= 15 is 0 Å². The van der Waals surface area contributed by atoms with Crippen LogP contribution in [0.5, 0.6) is 0 Å². The molecule has 0 unspecified atom stereocenters. The number of nitrogens with one attached hydrogen (secondary N) is 4. The van der Waals surface area contributed by atoms with Crippen LogP contribution in [0.3, 0.4) is 0 Å². The van der Waals surface area contributed by atoms with Gasteiger partial charge in [0.2, 0.25) is 0 Å². The van der Waals surface area contributed by atoms with E-state index in [1.807, 2.05) is 36.7 Å². The molecular weight excluding hydrogens is 156 g/mol. The third kappa shape index (κ3) is 1.22. The summed E-state index contributed by atoms with van der Waals surface area (Å²) >= 11 is 0. The molecule has 6 heteroatoms. The molecule has 0 aliphatic rings. The second-order valence-electron chi connectivity index (χ2n) is 2.23. The topological polar surface area (TPSA) is 72.0 Å². The average molecular weight is 166 g/mol. The minimum Gasteiger partial charge on any atom is -0.212 e. The summed E-state index contributed by atoms with van der Waals surface area (Å²) in [4.78, 5) is 0. The van der Waals surface area contributed by atoms with Gasteiger partial charge in [0, 0.05) is 12.4 Å². The fourth-order valence-corrected chi connectivity index (χ4v) is 0.887. The van der Waals surface area contributed by atoms with Crippen molar-refractivity contribution < 1.29 is 0 Å². The first kappa shape index (κ1) is 6.71. The summed E-state index contributed by atoms with van der Waals surface area (Å²) < 4.78 is 3.47. The zero-order chi connectivity index (χ0) is 8.23. The van der Waals surface area contributed by atoms with Gasteiger partial charge >= 0.3 is 0 Å². The van der Waals surface area contributed by atoms with Crippen molar-refractivity contribution in [2.24, 2.45) is 0 Å². The van der Waals surface area contributed by atoms with E-state index in [-0.39, 0.29) is 0 Å². The van der Waals surface area contributed by atoms with Crippen molar-refractivity contribution in [2.45, 2.75) is 0 Å². The minimum absolute atomic E-state index is 1.73. The van der Waals surface area contributed by atoms with Crippen molar-refractivity contribution in [3.8, 4) is 0 Å². The predicted octanol–water partition coefficient (Wildman–Crippen LogP) is 0.600. The van der Waals surface area contributed by atoms with Crippen LogP contribution < -0.4 is 0 Å². The van der Waals surface area contributed by atoms with Crippen LogP contribution in [0.15, 0.2) is 36.7 Å². The molecule has 0 radical (unpaired) electrons. The highest BCUT2D eigenvalue weighted by Crippen LogP contribution is 1.78. The first-order valence-electron chi connectivity index (χ1n) is 3.58. The maximum atomic E-state index is 2.85. The van der Waals surface area contributed by atoms with Crippen LogP contribution in [-0.2, 0) is 0 Å². The highest BCUT2D eigenvalue weighted by molar-refractivity contribution is 4.89. The van der Waals surface area contributed by atoms with E-state index < -0.39 is 0 Å². The molecule has 4 N–H and O–H groups in total. The molecular formula is C6H10N6. The molecule has 2 heterocycles. The maximum Gasteiger partial charge on any atom is 0.0488 e. The van der Waals surface area contributed by atoms with Crippen molar-refractivity contribution in [1.82, 2.24) is 30.1 Å². The fourth-order valence-electron chi connectivity index (χ4n) is 0.887. The number of aromatic amines is 4. The molecule has 0 spiro atoms. The van der Waals surface area contributed by atoms with Gasteiger partial charge in [-0.3, -0.25) is 0 Å². The Morgan fingerprint density at radius 2 is 1.17 bits per heavy atom. The SMILES string of the molecule is c1cccn2[nH][nH][nH][nH]n2cc1. The zero-order valence-corrected chi connectivity index (χ0v) is 6.36. The molecule has 12 heavy (non-hydrogen) atoms. The van der Waals surface area contributed by atoms with E-state index in [9.17, 15) is 0 Å². The van der Waals surface area contributed by atoms with Crippen molar-refractivity contribution in [2.75, 3.05) is 0 Å². The summed E-state index contributed by atoms with van der Waals surface area (Å²) in [5, 5.41) is 11.1. The molecule has 2 aromatic rings. The summed E-state index contributed by atoms with van der Waals surface area (Å²) in [7, 11) is 0. The van der Waals surface area contributed by atoms with Crippen LogP contribution in [-0.4, -0.2) is 30.1 Å². The number of aromatic nitrogens is 6. The normalized spacial score (nSPS) is 9.67. The van der Waals surface area contributed by atoms with Crippen molar-refractivity contribution in [3.05, 3.63) is 36.7 Å². The molecule has 0 saturated heterocycles. The lowest BCUT2D eigenvalue weighted by molar-refractivity contribution is 0.470.